The Morgan fingerprint density at radius 1 is 1.24 bits per heavy atom. The standard InChI is InChI=1S/C14H14F3N3O/c1-8-12(9(2)20-19-8)7-18-13(21)10-3-5-11(6-4-10)14(15,16)17/h3-6H,7H2,1-2H3,(H,18,21)(H,19,20). The van der Waals surface area contributed by atoms with Gasteiger partial charge < -0.3 is 5.32 Å². The quantitative estimate of drug-likeness (QED) is 0.915. The maximum atomic E-state index is 12.4. The maximum absolute atomic E-state index is 12.4. The number of aromatic amines is 1. The van der Waals surface area contributed by atoms with Gasteiger partial charge in [-0.3, -0.25) is 9.89 Å². The number of nitrogens with zero attached hydrogens (tertiary/aromatic N) is 1. The molecule has 0 aliphatic heterocycles. The van der Waals surface area contributed by atoms with Crippen molar-refractivity contribution in [2.24, 2.45) is 0 Å². The lowest BCUT2D eigenvalue weighted by Crippen LogP contribution is -2.23. The van der Waals surface area contributed by atoms with E-state index in [1.54, 1.807) is 0 Å². The van der Waals surface area contributed by atoms with Gasteiger partial charge in [-0.05, 0) is 38.1 Å². The first-order valence-corrected chi connectivity index (χ1v) is 6.25. The van der Waals surface area contributed by atoms with Crippen LogP contribution in [0.4, 0.5) is 13.2 Å². The summed E-state index contributed by atoms with van der Waals surface area (Å²) in [7, 11) is 0. The van der Waals surface area contributed by atoms with E-state index < -0.39 is 17.6 Å². The Hall–Kier alpha value is -2.31. The van der Waals surface area contributed by atoms with Crippen LogP contribution >= 0.6 is 0 Å². The summed E-state index contributed by atoms with van der Waals surface area (Å²) < 4.78 is 37.3. The van der Waals surface area contributed by atoms with Crippen LogP contribution in [0, 0.1) is 13.8 Å². The van der Waals surface area contributed by atoms with Gasteiger partial charge in [0.05, 0.1) is 11.3 Å². The fraction of sp³-hybridized carbons (Fsp3) is 0.286. The van der Waals surface area contributed by atoms with Crippen LogP contribution in [0.3, 0.4) is 0 Å². The summed E-state index contributed by atoms with van der Waals surface area (Å²) in [6.07, 6.45) is -4.40. The van der Waals surface area contributed by atoms with Crippen LogP contribution in [0.1, 0.15) is 32.9 Å². The number of amides is 1. The highest BCUT2D eigenvalue weighted by Crippen LogP contribution is 2.29. The zero-order valence-corrected chi connectivity index (χ0v) is 11.5. The second-order valence-corrected chi connectivity index (χ2v) is 4.67. The van der Waals surface area contributed by atoms with E-state index in [0.717, 1.165) is 41.2 Å². The Kier molecular flexibility index (Phi) is 4.02. The first-order valence-electron chi connectivity index (χ1n) is 6.25. The average Bonchev–Trinajstić information content (AvgIpc) is 2.75. The summed E-state index contributed by atoms with van der Waals surface area (Å²) >= 11 is 0. The molecule has 0 aliphatic carbocycles. The number of aromatic nitrogens is 2. The lowest BCUT2D eigenvalue weighted by molar-refractivity contribution is -0.137. The van der Waals surface area contributed by atoms with Crippen molar-refractivity contribution < 1.29 is 18.0 Å². The molecule has 0 spiro atoms. The first-order chi connectivity index (χ1) is 9.79. The molecule has 2 N–H and O–H groups in total. The zero-order chi connectivity index (χ0) is 15.6. The fourth-order valence-corrected chi connectivity index (χ4v) is 1.92. The molecular formula is C14H14F3N3O. The number of alkyl halides is 3. The topological polar surface area (TPSA) is 57.8 Å². The third kappa shape index (κ3) is 3.42. The smallest absolute Gasteiger partial charge is 0.348 e. The summed E-state index contributed by atoms with van der Waals surface area (Å²) in [4.78, 5) is 11.9. The normalized spacial score (nSPS) is 11.5. The van der Waals surface area contributed by atoms with Crippen molar-refractivity contribution in [2.45, 2.75) is 26.6 Å². The molecule has 0 saturated carbocycles. The Balaban J connectivity index is 2.04. The highest BCUT2D eigenvalue weighted by atomic mass is 19.4. The highest BCUT2D eigenvalue weighted by molar-refractivity contribution is 5.94. The number of carbonyl (C=O) groups excluding carboxylic acids is 1. The maximum Gasteiger partial charge on any atom is 0.416 e. The van der Waals surface area contributed by atoms with Gasteiger partial charge in [0.1, 0.15) is 0 Å². The SMILES string of the molecule is Cc1n[nH]c(C)c1CNC(=O)c1ccc(C(F)(F)F)cc1. The van der Waals surface area contributed by atoms with Gasteiger partial charge >= 0.3 is 6.18 Å². The second kappa shape index (κ2) is 5.59. The predicted molar refractivity (Wildman–Crippen MR) is 70.7 cm³/mol. The molecule has 7 heteroatoms. The highest BCUT2D eigenvalue weighted by Gasteiger charge is 2.30. The average molecular weight is 297 g/mol. The second-order valence-electron chi connectivity index (χ2n) is 4.67. The van der Waals surface area contributed by atoms with Crippen LogP contribution in [0.5, 0.6) is 0 Å². The molecule has 0 aliphatic rings. The molecule has 1 aromatic carbocycles. The van der Waals surface area contributed by atoms with Crippen LogP contribution < -0.4 is 5.32 Å². The van der Waals surface area contributed by atoms with Gasteiger partial charge in [0.15, 0.2) is 0 Å². The van der Waals surface area contributed by atoms with Gasteiger partial charge in [0.25, 0.3) is 5.91 Å². The molecule has 0 fully saturated rings. The summed E-state index contributed by atoms with van der Waals surface area (Å²) in [6.45, 7) is 3.91. The van der Waals surface area contributed by atoms with Crippen LogP contribution in [0.2, 0.25) is 0 Å². The number of hydrogen-bond donors (Lipinski definition) is 2. The lowest BCUT2D eigenvalue weighted by Gasteiger charge is -2.08. The van der Waals surface area contributed by atoms with E-state index in [2.05, 4.69) is 15.5 Å². The van der Waals surface area contributed by atoms with Crippen molar-refractivity contribution in [3.63, 3.8) is 0 Å². The molecule has 1 amide bonds. The monoisotopic (exact) mass is 297 g/mol. The van der Waals surface area contributed by atoms with Crippen LogP contribution in [-0.2, 0) is 12.7 Å². The molecule has 4 nitrogen and oxygen atoms in total. The zero-order valence-electron chi connectivity index (χ0n) is 11.5. The van der Waals surface area contributed by atoms with Crippen molar-refractivity contribution >= 4 is 5.91 Å². The third-order valence-corrected chi connectivity index (χ3v) is 3.18. The number of H-pyrrole nitrogens is 1. The van der Waals surface area contributed by atoms with Crippen molar-refractivity contribution in [1.29, 1.82) is 0 Å². The molecule has 1 aromatic heterocycles. The number of nitrogens with one attached hydrogen (secondary N) is 2. The van der Waals surface area contributed by atoms with Gasteiger partial charge in [0, 0.05) is 23.4 Å². The Labute approximate surface area is 119 Å². The van der Waals surface area contributed by atoms with E-state index in [-0.39, 0.29) is 12.1 Å². The van der Waals surface area contributed by atoms with E-state index in [4.69, 9.17) is 0 Å². The minimum absolute atomic E-state index is 0.182. The molecule has 0 radical (unpaired) electrons. The Bertz CT molecular complexity index is 625. The van der Waals surface area contributed by atoms with Crippen molar-refractivity contribution in [1.82, 2.24) is 15.5 Å². The Morgan fingerprint density at radius 3 is 2.33 bits per heavy atom. The molecule has 112 valence electrons. The van der Waals surface area contributed by atoms with Crippen LogP contribution in [0.25, 0.3) is 0 Å². The van der Waals surface area contributed by atoms with Gasteiger partial charge in [0.2, 0.25) is 0 Å². The third-order valence-electron chi connectivity index (χ3n) is 3.18. The predicted octanol–water partition coefficient (Wildman–Crippen LogP) is 2.98. The van der Waals surface area contributed by atoms with Crippen LogP contribution in [0.15, 0.2) is 24.3 Å². The minimum Gasteiger partial charge on any atom is -0.348 e. The molecule has 0 unspecified atom stereocenters. The number of rotatable bonds is 3. The van der Waals surface area contributed by atoms with E-state index >= 15 is 0 Å². The van der Waals surface area contributed by atoms with E-state index in [9.17, 15) is 18.0 Å². The summed E-state index contributed by atoms with van der Waals surface area (Å²) in [5.41, 5.74) is 1.90. The van der Waals surface area contributed by atoms with Gasteiger partial charge in [-0.25, -0.2) is 0 Å². The fourth-order valence-electron chi connectivity index (χ4n) is 1.92. The van der Waals surface area contributed by atoms with Crippen molar-refractivity contribution in [3.8, 4) is 0 Å². The number of aryl methyl sites for hydroxylation is 2. The lowest BCUT2D eigenvalue weighted by atomic mass is 10.1. The van der Waals surface area contributed by atoms with Gasteiger partial charge in [-0.1, -0.05) is 0 Å². The molecular weight excluding hydrogens is 283 g/mol. The van der Waals surface area contributed by atoms with Crippen LogP contribution in [-0.4, -0.2) is 16.1 Å². The molecule has 21 heavy (non-hydrogen) atoms. The molecule has 0 bridgehead atoms. The van der Waals surface area contributed by atoms with Crippen molar-refractivity contribution in [2.75, 3.05) is 0 Å². The molecule has 0 atom stereocenters. The van der Waals surface area contributed by atoms with E-state index in [0.29, 0.717) is 0 Å². The number of benzene rings is 1. The summed E-state index contributed by atoms with van der Waals surface area (Å²) in [5.74, 6) is -0.427. The van der Waals surface area contributed by atoms with Crippen molar-refractivity contribution in [3.05, 3.63) is 52.3 Å². The van der Waals surface area contributed by atoms with Gasteiger partial charge in [-0.2, -0.15) is 18.3 Å². The molecule has 2 aromatic rings. The molecule has 2 rings (SSSR count). The first kappa shape index (κ1) is 15.1. The largest absolute Gasteiger partial charge is 0.416 e. The van der Waals surface area contributed by atoms with E-state index in [1.165, 1.54) is 0 Å². The molecule has 1 heterocycles. The Morgan fingerprint density at radius 2 is 1.86 bits per heavy atom. The van der Waals surface area contributed by atoms with E-state index in [1.807, 2.05) is 13.8 Å². The van der Waals surface area contributed by atoms with Gasteiger partial charge in [-0.15, -0.1) is 0 Å². The minimum atomic E-state index is -4.40. The number of hydrogen-bond acceptors (Lipinski definition) is 2. The number of carbonyl (C=O) groups is 1. The summed E-state index contributed by atoms with van der Waals surface area (Å²) in [6, 6.07) is 4.10. The number of halogens is 3. The summed E-state index contributed by atoms with van der Waals surface area (Å²) in [5, 5.41) is 9.46. The molecule has 0 saturated heterocycles.